The summed E-state index contributed by atoms with van der Waals surface area (Å²) >= 11 is 1.41. The average molecular weight is 311 g/mol. The van der Waals surface area contributed by atoms with Crippen molar-refractivity contribution < 1.29 is 14.3 Å². The third-order valence-corrected chi connectivity index (χ3v) is 3.51. The largest absolute Gasteiger partial charge is 0.495 e. The molecule has 0 aliphatic carbocycles. The van der Waals surface area contributed by atoms with Gasteiger partial charge >= 0.3 is 0 Å². The van der Waals surface area contributed by atoms with Gasteiger partial charge in [-0.3, -0.25) is 9.59 Å². The molecule has 0 aliphatic heterocycles. The first-order valence-electron chi connectivity index (χ1n) is 6.64. The maximum atomic E-state index is 11.8. The lowest BCUT2D eigenvalue weighted by atomic mass is 10.3. The Bertz CT molecular complexity index is 469. The molecule has 0 spiro atoms. The van der Waals surface area contributed by atoms with Crippen molar-refractivity contribution in [3.8, 4) is 5.75 Å². The maximum Gasteiger partial charge on any atom is 0.234 e. The summed E-state index contributed by atoms with van der Waals surface area (Å²) in [5, 5.41) is 5.46. The van der Waals surface area contributed by atoms with Crippen molar-refractivity contribution in [2.75, 3.05) is 37.0 Å². The quantitative estimate of drug-likeness (QED) is 0.587. The fraction of sp³-hybridized carbons (Fsp3) is 0.429. The van der Waals surface area contributed by atoms with Crippen molar-refractivity contribution in [1.82, 2.24) is 5.32 Å². The molecule has 0 radical (unpaired) electrons. The summed E-state index contributed by atoms with van der Waals surface area (Å²) in [6.45, 7) is 0.915. The van der Waals surface area contributed by atoms with Crippen LogP contribution in [0, 0.1) is 0 Å². The molecule has 1 aromatic carbocycles. The van der Waals surface area contributed by atoms with Gasteiger partial charge in [-0.1, -0.05) is 12.1 Å². The van der Waals surface area contributed by atoms with Crippen molar-refractivity contribution in [2.45, 2.75) is 6.42 Å². The van der Waals surface area contributed by atoms with Crippen molar-refractivity contribution in [3.63, 3.8) is 0 Å². The highest BCUT2D eigenvalue weighted by Crippen LogP contribution is 2.23. The van der Waals surface area contributed by atoms with E-state index in [1.54, 1.807) is 19.2 Å². The zero-order valence-electron chi connectivity index (χ0n) is 12.1. The number of hydrogen-bond acceptors (Lipinski definition) is 5. The van der Waals surface area contributed by atoms with Crippen LogP contribution in [0.25, 0.3) is 0 Å². The number of methoxy groups -OCH3 is 1. The smallest absolute Gasteiger partial charge is 0.234 e. The van der Waals surface area contributed by atoms with Gasteiger partial charge in [0.05, 0.1) is 18.6 Å². The number of benzene rings is 1. The second-order valence-electron chi connectivity index (χ2n) is 4.19. The number of anilines is 1. The Kier molecular flexibility index (Phi) is 8.30. The molecular formula is C14H21N3O3S. The summed E-state index contributed by atoms with van der Waals surface area (Å²) in [4.78, 5) is 23.1. The van der Waals surface area contributed by atoms with E-state index in [1.165, 1.54) is 11.8 Å². The number of thioether (sulfide) groups is 1. The first kappa shape index (κ1) is 17.3. The molecule has 4 N–H and O–H groups in total. The van der Waals surface area contributed by atoms with Crippen LogP contribution >= 0.6 is 11.8 Å². The van der Waals surface area contributed by atoms with E-state index < -0.39 is 0 Å². The molecule has 6 nitrogen and oxygen atoms in total. The van der Waals surface area contributed by atoms with Crippen LogP contribution in [0.3, 0.4) is 0 Å². The van der Waals surface area contributed by atoms with E-state index in [-0.39, 0.29) is 11.8 Å². The van der Waals surface area contributed by atoms with E-state index in [4.69, 9.17) is 10.5 Å². The van der Waals surface area contributed by atoms with Crippen molar-refractivity contribution in [1.29, 1.82) is 0 Å². The highest BCUT2D eigenvalue weighted by molar-refractivity contribution is 7.99. The molecule has 0 bridgehead atoms. The van der Waals surface area contributed by atoms with Crippen LogP contribution < -0.4 is 21.1 Å². The Balaban J connectivity index is 2.24. The number of rotatable bonds is 9. The van der Waals surface area contributed by atoms with Gasteiger partial charge in [0.25, 0.3) is 0 Å². The standard InChI is InChI=1S/C14H21N3O3S/c1-20-12-5-3-2-4-11(12)17-14(19)10-21-9-6-13(18)16-8-7-15/h2-5H,6-10,15H2,1H3,(H,16,18)(H,17,19). The first-order chi connectivity index (χ1) is 10.2. The van der Waals surface area contributed by atoms with Crippen LogP contribution in [0.4, 0.5) is 5.69 Å². The number of para-hydroxylation sites is 2. The highest BCUT2D eigenvalue weighted by atomic mass is 32.2. The minimum absolute atomic E-state index is 0.0434. The Morgan fingerprint density at radius 3 is 2.76 bits per heavy atom. The molecule has 0 heterocycles. The van der Waals surface area contributed by atoms with Gasteiger partial charge in [0.15, 0.2) is 0 Å². The van der Waals surface area contributed by atoms with Gasteiger partial charge < -0.3 is 21.1 Å². The number of carbonyl (C=O) groups is 2. The molecule has 21 heavy (non-hydrogen) atoms. The lowest BCUT2D eigenvalue weighted by Crippen LogP contribution is -2.29. The summed E-state index contributed by atoms with van der Waals surface area (Å²) in [7, 11) is 1.56. The Hall–Kier alpha value is -1.73. The number of hydrogen-bond donors (Lipinski definition) is 3. The predicted octanol–water partition coefficient (Wildman–Crippen LogP) is 0.832. The monoisotopic (exact) mass is 311 g/mol. The molecule has 0 atom stereocenters. The van der Waals surface area contributed by atoms with E-state index in [0.29, 0.717) is 42.5 Å². The van der Waals surface area contributed by atoms with Crippen molar-refractivity contribution >= 4 is 29.3 Å². The minimum Gasteiger partial charge on any atom is -0.495 e. The van der Waals surface area contributed by atoms with E-state index in [2.05, 4.69) is 10.6 Å². The van der Waals surface area contributed by atoms with Crippen LogP contribution in [0.2, 0.25) is 0 Å². The fourth-order valence-corrected chi connectivity index (χ4v) is 2.30. The summed E-state index contributed by atoms with van der Waals surface area (Å²) in [6.07, 6.45) is 0.382. The lowest BCUT2D eigenvalue weighted by Gasteiger charge is -2.09. The molecule has 0 aromatic heterocycles. The van der Waals surface area contributed by atoms with Crippen LogP contribution in [0.1, 0.15) is 6.42 Å². The number of amides is 2. The Morgan fingerprint density at radius 1 is 1.29 bits per heavy atom. The van der Waals surface area contributed by atoms with Crippen molar-refractivity contribution in [3.05, 3.63) is 24.3 Å². The van der Waals surface area contributed by atoms with Crippen molar-refractivity contribution in [2.24, 2.45) is 5.73 Å². The van der Waals surface area contributed by atoms with Gasteiger partial charge in [0.1, 0.15) is 5.75 Å². The molecule has 0 fully saturated rings. The maximum absolute atomic E-state index is 11.8. The molecule has 0 aliphatic rings. The third-order valence-electron chi connectivity index (χ3n) is 2.55. The number of nitrogens with one attached hydrogen (secondary N) is 2. The van der Waals surface area contributed by atoms with Gasteiger partial charge in [-0.2, -0.15) is 11.8 Å². The average Bonchev–Trinajstić information content (AvgIpc) is 2.50. The zero-order valence-corrected chi connectivity index (χ0v) is 12.9. The third kappa shape index (κ3) is 7.01. The Labute approximate surface area is 128 Å². The van der Waals surface area contributed by atoms with Crippen LogP contribution in [0.5, 0.6) is 5.75 Å². The summed E-state index contributed by atoms with van der Waals surface area (Å²) in [6, 6.07) is 7.22. The van der Waals surface area contributed by atoms with Gasteiger partial charge in [0, 0.05) is 25.3 Å². The molecule has 0 saturated heterocycles. The zero-order chi connectivity index (χ0) is 15.5. The minimum atomic E-state index is -0.119. The topological polar surface area (TPSA) is 93.4 Å². The number of ether oxygens (including phenoxy) is 1. The van der Waals surface area contributed by atoms with Gasteiger partial charge in [-0.15, -0.1) is 0 Å². The molecule has 7 heteroatoms. The van der Waals surface area contributed by atoms with Crippen LogP contribution in [0.15, 0.2) is 24.3 Å². The molecule has 116 valence electrons. The fourth-order valence-electron chi connectivity index (χ4n) is 1.56. The summed E-state index contributed by atoms with van der Waals surface area (Å²) in [5.41, 5.74) is 5.93. The number of nitrogens with two attached hydrogens (primary N) is 1. The highest BCUT2D eigenvalue weighted by Gasteiger charge is 2.07. The SMILES string of the molecule is COc1ccccc1NC(=O)CSCCC(=O)NCCN. The summed E-state index contributed by atoms with van der Waals surface area (Å²) < 4.78 is 5.16. The lowest BCUT2D eigenvalue weighted by molar-refractivity contribution is -0.120. The molecule has 1 rings (SSSR count). The second-order valence-corrected chi connectivity index (χ2v) is 5.29. The molecule has 2 amide bonds. The predicted molar refractivity (Wildman–Crippen MR) is 85.6 cm³/mol. The van der Waals surface area contributed by atoms with Crippen LogP contribution in [-0.4, -0.2) is 43.5 Å². The number of carbonyl (C=O) groups excluding carboxylic acids is 2. The molecule has 0 saturated carbocycles. The Morgan fingerprint density at radius 2 is 2.05 bits per heavy atom. The van der Waals surface area contributed by atoms with Crippen LogP contribution in [-0.2, 0) is 9.59 Å². The van der Waals surface area contributed by atoms with E-state index in [1.807, 2.05) is 12.1 Å². The van der Waals surface area contributed by atoms with Gasteiger partial charge in [0.2, 0.25) is 11.8 Å². The van der Waals surface area contributed by atoms with E-state index in [9.17, 15) is 9.59 Å². The molecular weight excluding hydrogens is 290 g/mol. The van der Waals surface area contributed by atoms with Gasteiger partial charge in [-0.25, -0.2) is 0 Å². The van der Waals surface area contributed by atoms with Gasteiger partial charge in [-0.05, 0) is 12.1 Å². The normalized spacial score (nSPS) is 10.0. The van der Waals surface area contributed by atoms with E-state index >= 15 is 0 Å². The molecule has 0 unspecified atom stereocenters. The first-order valence-corrected chi connectivity index (χ1v) is 7.80. The molecule has 1 aromatic rings. The van der Waals surface area contributed by atoms with E-state index in [0.717, 1.165) is 0 Å². The summed E-state index contributed by atoms with van der Waals surface area (Å²) in [5.74, 6) is 1.35. The second kappa shape index (κ2) is 10.1.